The average Bonchev–Trinajstić information content (AvgIpc) is 2.56. The van der Waals surface area contributed by atoms with Gasteiger partial charge in [0.2, 0.25) is 4.34 Å². The highest BCUT2D eigenvalue weighted by molar-refractivity contribution is 9.11. The van der Waals surface area contributed by atoms with Gasteiger partial charge in [-0.05, 0) is 28.8 Å². The molecule has 1 aromatic rings. The first-order chi connectivity index (χ1) is 7.74. The molecule has 1 aromatic heterocycles. The van der Waals surface area contributed by atoms with Gasteiger partial charge in [0.25, 0.3) is 10.0 Å². The summed E-state index contributed by atoms with van der Waals surface area (Å²) in [5.74, 6) is 0.00228. The van der Waals surface area contributed by atoms with Crippen LogP contribution in [0.2, 0.25) is 0 Å². The van der Waals surface area contributed by atoms with Gasteiger partial charge in [-0.1, -0.05) is 25.2 Å². The molecule has 0 bridgehead atoms. The van der Waals surface area contributed by atoms with E-state index in [0.29, 0.717) is 9.48 Å². The SMILES string of the molecule is Cc1nc(S(=O)(=O)NCC(O)C(C)C)sc1Br. The van der Waals surface area contributed by atoms with E-state index in [2.05, 4.69) is 25.6 Å². The number of sulfonamides is 1. The van der Waals surface area contributed by atoms with Gasteiger partial charge in [0.15, 0.2) is 0 Å². The maximum atomic E-state index is 11.8. The molecular formula is C9H15BrN2O3S2. The summed E-state index contributed by atoms with van der Waals surface area (Å²) in [5.41, 5.74) is 0.639. The molecular weight excluding hydrogens is 328 g/mol. The molecule has 17 heavy (non-hydrogen) atoms. The number of nitrogens with one attached hydrogen (secondary N) is 1. The van der Waals surface area contributed by atoms with Crippen LogP contribution in [0.25, 0.3) is 0 Å². The zero-order chi connectivity index (χ0) is 13.2. The van der Waals surface area contributed by atoms with Crippen molar-refractivity contribution < 1.29 is 13.5 Å². The second-order valence-corrected chi connectivity index (χ2v) is 8.26. The molecule has 0 saturated carbocycles. The molecule has 0 aliphatic carbocycles. The van der Waals surface area contributed by atoms with Crippen molar-refractivity contribution >= 4 is 37.3 Å². The Hall–Kier alpha value is -0.0200. The van der Waals surface area contributed by atoms with Gasteiger partial charge in [0, 0.05) is 6.54 Å². The van der Waals surface area contributed by atoms with Crippen molar-refractivity contribution in [3.63, 3.8) is 0 Å². The van der Waals surface area contributed by atoms with Gasteiger partial charge in [-0.25, -0.2) is 18.1 Å². The van der Waals surface area contributed by atoms with Crippen LogP contribution >= 0.6 is 27.3 Å². The van der Waals surface area contributed by atoms with Gasteiger partial charge in [0.05, 0.1) is 15.6 Å². The molecule has 0 amide bonds. The van der Waals surface area contributed by atoms with E-state index < -0.39 is 16.1 Å². The molecule has 2 N–H and O–H groups in total. The van der Waals surface area contributed by atoms with Crippen molar-refractivity contribution in [2.24, 2.45) is 5.92 Å². The molecule has 0 fully saturated rings. The van der Waals surface area contributed by atoms with Crippen LogP contribution in [-0.4, -0.2) is 31.2 Å². The number of halogens is 1. The summed E-state index contributed by atoms with van der Waals surface area (Å²) in [6.07, 6.45) is -0.700. The molecule has 1 rings (SSSR count). The smallest absolute Gasteiger partial charge is 0.268 e. The lowest BCUT2D eigenvalue weighted by molar-refractivity contribution is 0.129. The Labute approximate surface area is 113 Å². The zero-order valence-electron chi connectivity index (χ0n) is 9.77. The third kappa shape index (κ3) is 3.99. The normalized spacial score (nSPS) is 14.2. The van der Waals surface area contributed by atoms with E-state index in [0.717, 1.165) is 11.3 Å². The number of hydrogen-bond acceptors (Lipinski definition) is 5. The standard InChI is InChI=1S/C9H15BrN2O3S2/c1-5(2)7(13)4-11-17(14,15)9-12-6(3)8(10)16-9/h5,7,11,13H,4H2,1-3H3. The van der Waals surface area contributed by atoms with Crippen LogP contribution in [0, 0.1) is 12.8 Å². The molecule has 8 heteroatoms. The van der Waals surface area contributed by atoms with Crippen LogP contribution in [0.4, 0.5) is 0 Å². The van der Waals surface area contributed by atoms with E-state index in [1.54, 1.807) is 6.92 Å². The summed E-state index contributed by atoms with van der Waals surface area (Å²) in [5, 5.41) is 9.54. The van der Waals surface area contributed by atoms with Crippen molar-refractivity contribution in [3.8, 4) is 0 Å². The molecule has 0 radical (unpaired) electrons. The highest BCUT2D eigenvalue weighted by Gasteiger charge is 2.21. The highest BCUT2D eigenvalue weighted by Crippen LogP contribution is 2.26. The molecule has 1 heterocycles. The van der Waals surface area contributed by atoms with Crippen LogP contribution < -0.4 is 4.72 Å². The van der Waals surface area contributed by atoms with Gasteiger partial charge in [-0.15, -0.1) is 0 Å². The van der Waals surface area contributed by atoms with Crippen LogP contribution in [-0.2, 0) is 10.0 Å². The van der Waals surface area contributed by atoms with E-state index in [-0.39, 0.29) is 16.8 Å². The van der Waals surface area contributed by atoms with Crippen LogP contribution in [0.15, 0.2) is 8.13 Å². The van der Waals surface area contributed by atoms with E-state index in [1.165, 1.54) is 0 Å². The fraction of sp³-hybridized carbons (Fsp3) is 0.667. The number of thiazole rings is 1. The summed E-state index contributed by atoms with van der Waals surface area (Å²) in [6, 6.07) is 0. The Balaban J connectivity index is 2.76. The topological polar surface area (TPSA) is 79.3 Å². The van der Waals surface area contributed by atoms with Crippen molar-refractivity contribution in [1.29, 1.82) is 0 Å². The molecule has 0 aliphatic heterocycles. The average molecular weight is 343 g/mol. The Kier molecular flexibility index (Phi) is 5.08. The predicted molar refractivity (Wildman–Crippen MR) is 70.6 cm³/mol. The maximum absolute atomic E-state index is 11.8. The van der Waals surface area contributed by atoms with Gasteiger partial charge >= 0.3 is 0 Å². The largest absolute Gasteiger partial charge is 0.391 e. The Morgan fingerprint density at radius 2 is 2.12 bits per heavy atom. The fourth-order valence-electron chi connectivity index (χ4n) is 0.962. The summed E-state index contributed by atoms with van der Waals surface area (Å²) < 4.78 is 26.7. The molecule has 98 valence electrons. The molecule has 0 spiro atoms. The third-order valence-electron chi connectivity index (χ3n) is 2.20. The van der Waals surface area contributed by atoms with Crippen molar-refractivity contribution in [1.82, 2.24) is 9.71 Å². The van der Waals surface area contributed by atoms with Crippen LogP contribution in [0.5, 0.6) is 0 Å². The molecule has 0 aliphatic rings. The number of aromatic nitrogens is 1. The van der Waals surface area contributed by atoms with E-state index in [4.69, 9.17) is 0 Å². The van der Waals surface area contributed by atoms with E-state index >= 15 is 0 Å². The fourth-order valence-corrected chi connectivity index (χ4v) is 4.00. The van der Waals surface area contributed by atoms with Gasteiger partial charge < -0.3 is 5.11 Å². The van der Waals surface area contributed by atoms with Crippen molar-refractivity contribution in [2.75, 3.05) is 6.54 Å². The highest BCUT2D eigenvalue weighted by atomic mass is 79.9. The molecule has 1 unspecified atom stereocenters. The third-order valence-corrected chi connectivity index (χ3v) is 6.01. The van der Waals surface area contributed by atoms with E-state index in [1.807, 2.05) is 13.8 Å². The Morgan fingerprint density at radius 1 is 1.53 bits per heavy atom. The predicted octanol–water partition coefficient (Wildman–Crippen LogP) is 1.51. The lowest BCUT2D eigenvalue weighted by Gasteiger charge is -2.14. The van der Waals surface area contributed by atoms with Crippen molar-refractivity contribution in [3.05, 3.63) is 9.48 Å². The van der Waals surface area contributed by atoms with Gasteiger partial charge in [-0.2, -0.15) is 0 Å². The Bertz CT molecular complexity index is 465. The lowest BCUT2D eigenvalue weighted by Crippen LogP contribution is -2.34. The minimum Gasteiger partial charge on any atom is -0.391 e. The van der Waals surface area contributed by atoms with Crippen LogP contribution in [0.3, 0.4) is 0 Å². The quantitative estimate of drug-likeness (QED) is 0.849. The maximum Gasteiger partial charge on any atom is 0.268 e. The van der Waals surface area contributed by atoms with Crippen LogP contribution in [0.1, 0.15) is 19.5 Å². The molecule has 0 saturated heterocycles. The molecule has 5 nitrogen and oxygen atoms in total. The van der Waals surface area contributed by atoms with Crippen molar-refractivity contribution in [2.45, 2.75) is 31.2 Å². The van der Waals surface area contributed by atoms with E-state index in [9.17, 15) is 13.5 Å². The first kappa shape index (κ1) is 15.0. The molecule has 1 atom stereocenters. The van der Waals surface area contributed by atoms with Gasteiger partial charge in [-0.3, -0.25) is 0 Å². The number of nitrogens with zero attached hydrogens (tertiary/aromatic N) is 1. The Morgan fingerprint density at radius 3 is 2.53 bits per heavy atom. The second-order valence-electron chi connectivity index (χ2n) is 4.00. The number of aryl methyl sites for hydroxylation is 1. The minimum absolute atomic E-state index is 0.00228. The number of aliphatic hydroxyl groups excluding tert-OH is 1. The summed E-state index contributed by atoms with van der Waals surface area (Å²) in [6.45, 7) is 5.37. The second kappa shape index (κ2) is 5.75. The first-order valence-electron chi connectivity index (χ1n) is 5.04. The summed E-state index contributed by atoms with van der Waals surface area (Å²) >= 11 is 4.28. The first-order valence-corrected chi connectivity index (χ1v) is 8.14. The molecule has 0 aromatic carbocycles. The lowest BCUT2D eigenvalue weighted by atomic mass is 10.1. The summed E-state index contributed by atoms with van der Waals surface area (Å²) in [7, 11) is -3.62. The number of aliphatic hydroxyl groups is 1. The monoisotopic (exact) mass is 342 g/mol. The summed E-state index contributed by atoms with van der Waals surface area (Å²) in [4.78, 5) is 3.94. The van der Waals surface area contributed by atoms with Gasteiger partial charge in [0.1, 0.15) is 0 Å². The zero-order valence-corrected chi connectivity index (χ0v) is 13.0. The number of hydrogen-bond donors (Lipinski definition) is 2. The minimum atomic E-state index is -3.62. The number of rotatable bonds is 5.